The van der Waals surface area contributed by atoms with Gasteiger partial charge >= 0.3 is 17.9 Å². The average molecular weight is 764 g/mol. The van der Waals surface area contributed by atoms with Crippen molar-refractivity contribution in [2.75, 3.05) is 32.4 Å². The first kappa shape index (κ1) is 33.9. The number of nitrogens with two attached hydrogens (primary N) is 1. The molecule has 3 rings (SSSR count). The number of hydrogen-bond acceptors (Lipinski definition) is 10. The highest BCUT2D eigenvalue weighted by molar-refractivity contribution is 9.10. The number of nitrogen functional groups attached to an aromatic ring is 1. The summed E-state index contributed by atoms with van der Waals surface area (Å²) >= 11 is 9.89. The van der Waals surface area contributed by atoms with E-state index in [4.69, 9.17) is 5.73 Å². The van der Waals surface area contributed by atoms with Gasteiger partial charge in [-0.2, -0.15) is 0 Å². The molecule has 36 heavy (non-hydrogen) atoms. The maximum atomic E-state index is 11.6. The van der Waals surface area contributed by atoms with Gasteiger partial charge in [0.05, 0.1) is 21.3 Å². The molecule has 0 aromatic carbocycles. The number of alkyl halides is 1. The summed E-state index contributed by atoms with van der Waals surface area (Å²) in [6, 6.07) is 3.77. The standard InChI is InChI=1S/C10H9BrN2O3.C6H6Br2N2.C5H8O4.BrH/c1-16-10(15)7-3-5-2-6(11)4-12-8(5)13-9(7)14;7-2-4-1-5(8)3-10-6(4)9;1-8-4(6)3-5(7)9-2;/h2,4,7H,3H2,1H3,(H,12,13,14);1,3H,2H2,(H2,9,10);3H2,1-2H3;1H. The predicted molar refractivity (Wildman–Crippen MR) is 148 cm³/mol. The summed E-state index contributed by atoms with van der Waals surface area (Å²) in [6.45, 7) is 0. The van der Waals surface area contributed by atoms with Crippen LogP contribution in [0.4, 0.5) is 11.6 Å². The quantitative estimate of drug-likeness (QED) is 0.203. The Bertz CT molecular complexity index is 1060. The lowest BCUT2D eigenvalue weighted by molar-refractivity contribution is -0.152. The fraction of sp³-hybridized carbons (Fsp3) is 0.333. The van der Waals surface area contributed by atoms with Crippen LogP contribution >= 0.6 is 64.8 Å². The minimum Gasteiger partial charge on any atom is -0.469 e. The molecule has 1 aliphatic rings. The number of pyridine rings is 2. The molecule has 0 radical (unpaired) electrons. The van der Waals surface area contributed by atoms with Crippen LogP contribution in [0, 0.1) is 5.92 Å². The number of halogens is 4. The number of nitrogens with zero attached hydrogens (tertiary/aromatic N) is 2. The summed E-state index contributed by atoms with van der Waals surface area (Å²) in [4.78, 5) is 51.5. The Morgan fingerprint density at radius 3 is 2.08 bits per heavy atom. The summed E-state index contributed by atoms with van der Waals surface area (Å²) in [6.07, 6.45) is 3.28. The van der Waals surface area contributed by atoms with E-state index in [1.54, 1.807) is 12.4 Å². The molecule has 1 atom stereocenters. The molecule has 0 fully saturated rings. The van der Waals surface area contributed by atoms with Crippen molar-refractivity contribution in [3.8, 4) is 0 Å². The van der Waals surface area contributed by atoms with Gasteiger partial charge in [-0.05, 0) is 56.0 Å². The molecule has 0 saturated heterocycles. The monoisotopic (exact) mass is 760 g/mol. The van der Waals surface area contributed by atoms with Crippen molar-refractivity contribution < 1.29 is 33.4 Å². The zero-order valence-corrected chi connectivity index (χ0v) is 25.9. The number of carbonyl (C=O) groups is 4. The van der Waals surface area contributed by atoms with Gasteiger partial charge in [0.2, 0.25) is 5.91 Å². The van der Waals surface area contributed by atoms with Gasteiger partial charge in [0, 0.05) is 32.2 Å². The Morgan fingerprint density at radius 1 is 1.03 bits per heavy atom. The number of anilines is 2. The number of amides is 1. The second-order valence-electron chi connectivity index (χ2n) is 6.59. The van der Waals surface area contributed by atoms with Crippen LogP contribution in [0.5, 0.6) is 0 Å². The zero-order valence-electron chi connectivity index (χ0n) is 19.4. The van der Waals surface area contributed by atoms with E-state index in [1.165, 1.54) is 21.3 Å². The van der Waals surface area contributed by atoms with Gasteiger partial charge in [0.1, 0.15) is 24.0 Å². The minimum atomic E-state index is -0.784. The Labute approximate surface area is 243 Å². The normalized spacial score (nSPS) is 13.1. The van der Waals surface area contributed by atoms with E-state index in [9.17, 15) is 19.2 Å². The third-order valence-electron chi connectivity index (χ3n) is 4.26. The number of esters is 3. The van der Waals surface area contributed by atoms with E-state index in [0.29, 0.717) is 18.1 Å². The third kappa shape index (κ3) is 11.3. The lowest BCUT2D eigenvalue weighted by atomic mass is 9.95. The number of ether oxygens (including phenoxy) is 3. The van der Waals surface area contributed by atoms with Gasteiger partial charge in [-0.3, -0.25) is 19.2 Å². The summed E-state index contributed by atoms with van der Waals surface area (Å²) < 4.78 is 14.7. The van der Waals surface area contributed by atoms with Gasteiger partial charge in [-0.15, -0.1) is 17.0 Å². The number of carbonyl (C=O) groups excluding carboxylic acids is 4. The average Bonchev–Trinajstić information content (AvgIpc) is 2.85. The highest BCUT2D eigenvalue weighted by atomic mass is 79.9. The predicted octanol–water partition coefficient (Wildman–Crippen LogP) is 3.75. The van der Waals surface area contributed by atoms with E-state index < -0.39 is 23.8 Å². The number of nitrogens with one attached hydrogen (secondary N) is 1. The van der Waals surface area contributed by atoms with Crippen molar-refractivity contribution in [1.29, 1.82) is 0 Å². The minimum absolute atomic E-state index is 0. The van der Waals surface area contributed by atoms with E-state index in [2.05, 4.69) is 77.3 Å². The number of fused-ring (bicyclic) bond motifs is 1. The first-order valence-corrected chi connectivity index (χ1v) is 12.4. The maximum Gasteiger partial charge on any atom is 0.318 e. The fourth-order valence-electron chi connectivity index (χ4n) is 2.46. The molecular formula is C21H24Br4N4O7. The van der Waals surface area contributed by atoms with E-state index in [1.807, 2.05) is 12.1 Å². The van der Waals surface area contributed by atoms with Crippen LogP contribution in [0.15, 0.2) is 33.5 Å². The van der Waals surface area contributed by atoms with Gasteiger partial charge in [-0.25, -0.2) is 9.97 Å². The highest BCUT2D eigenvalue weighted by Crippen LogP contribution is 2.26. The molecule has 2 aromatic rings. The van der Waals surface area contributed by atoms with Crippen LogP contribution in [0.25, 0.3) is 0 Å². The molecule has 15 heteroatoms. The molecule has 0 spiro atoms. The Morgan fingerprint density at radius 2 is 1.58 bits per heavy atom. The molecule has 1 unspecified atom stereocenters. The molecular weight excluding hydrogens is 740 g/mol. The molecule has 0 aliphatic carbocycles. The number of methoxy groups -OCH3 is 3. The van der Waals surface area contributed by atoms with Gasteiger partial charge in [-0.1, -0.05) is 15.9 Å². The Balaban J connectivity index is 0.000000536. The second kappa shape index (κ2) is 17.4. The molecule has 2 aromatic heterocycles. The summed E-state index contributed by atoms with van der Waals surface area (Å²) in [5.74, 6) is -1.75. The Kier molecular flexibility index (Phi) is 16.4. The third-order valence-corrected chi connectivity index (χ3v) is 5.73. The number of rotatable bonds is 4. The number of hydrogen-bond donors (Lipinski definition) is 2. The van der Waals surface area contributed by atoms with Crippen molar-refractivity contribution >= 4 is 100 Å². The van der Waals surface area contributed by atoms with Gasteiger partial charge in [0.25, 0.3) is 0 Å². The van der Waals surface area contributed by atoms with E-state index >= 15 is 0 Å². The fourth-order valence-corrected chi connectivity index (χ4v) is 3.67. The van der Waals surface area contributed by atoms with Gasteiger partial charge in [0.15, 0.2) is 0 Å². The molecule has 0 bridgehead atoms. The van der Waals surface area contributed by atoms with Crippen LogP contribution in [-0.2, 0) is 45.1 Å². The largest absolute Gasteiger partial charge is 0.469 e. The van der Waals surface area contributed by atoms with Crippen LogP contribution in [0.3, 0.4) is 0 Å². The zero-order chi connectivity index (χ0) is 26.5. The van der Waals surface area contributed by atoms with Crippen LogP contribution < -0.4 is 11.1 Å². The molecule has 1 amide bonds. The van der Waals surface area contributed by atoms with Crippen LogP contribution in [0.2, 0.25) is 0 Å². The lowest BCUT2D eigenvalue weighted by Crippen LogP contribution is -2.36. The number of aromatic nitrogens is 2. The molecule has 1 aliphatic heterocycles. The molecule has 11 nitrogen and oxygen atoms in total. The van der Waals surface area contributed by atoms with Crippen molar-refractivity contribution in [3.05, 3.63) is 44.6 Å². The van der Waals surface area contributed by atoms with E-state index in [0.717, 1.165) is 25.4 Å². The molecule has 198 valence electrons. The molecule has 0 saturated carbocycles. The lowest BCUT2D eigenvalue weighted by Gasteiger charge is -2.21. The SMILES string of the molecule is Br.COC(=O)C1Cc2cc(Br)cnc2NC1=O.COC(=O)CC(=O)OC.Nc1ncc(Br)cc1CBr. The Hall–Kier alpha value is -2.10. The summed E-state index contributed by atoms with van der Waals surface area (Å²) in [5, 5.41) is 3.32. The molecule has 3 heterocycles. The van der Waals surface area contributed by atoms with E-state index in [-0.39, 0.29) is 29.3 Å². The first-order chi connectivity index (χ1) is 16.6. The summed E-state index contributed by atoms with van der Waals surface area (Å²) in [5.41, 5.74) is 7.37. The second-order valence-corrected chi connectivity index (χ2v) is 8.98. The van der Waals surface area contributed by atoms with Crippen molar-refractivity contribution in [1.82, 2.24) is 9.97 Å². The van der Waals surface area contributed by atoms with Gasteiger partial charge < -0.3 is 25.3 Å². The van der Waals surface area contributed by atoms with Crippen LogP contribution in [0.1, 0.15) is 17.5 Å². The topological polar surface area (TPSA) is 160 Å². The first-order valence-electron chi connectivity index (χ1n) is 9.68. The van der Waals surface area contributed by atoms with Crippen molar-refractivity contribution in [2.45, 2.75) is 18.2 Å². The smallest absolute Gasteiger partial charge is 0.318 e. The summed E-state index contributed by atoms with van der Waals surface area (Å²) in [7, 11) is 3.70. The van der Waals surface area contributed by atoms with Crippen LogP contribution in [-0.4, -0.2) is 55.1 Å². The molecule has 3 N–H and O–H groups in total. The maximum absolute atomic E-state index is 11.6. The van der Waals surface area contributed by atoms with Crippen molar-refractivity contribution in [2.24, 2.45) is 5.92 Å². The van der Waals surface area contributed by atoms with Crippen molar-refractivity contribution in [3.63, 3.8) is 0 Å². The highest BCUT2D eigenvalue weighted by Gasteiger charge is 2.33.